The lowest BCUT2D eigenvalue weighted by Gasteiger charge is -2.10. The van der Waals surface area contributed by atoms with Gasteiger partial charge < -0.3 is 15.1 Å². The van der Waals surface area contributed by atoms with Crippen LogP contribution in [0.25, 0.3) is 27.5 Å². The lowest BCUT2D eigenvalue weighted by atomic mass is 9.95. The molecule has 3 heterocycles. The Morgan fingerprint density at radius 1 is 1.17 bits per heavy atom. The monoisotopic (exact) mass is 599 g/mol. The summed E-state index contributed by atoms with van der Waals surface area (Å²) in [5, 5.41) is 25.2. The standard InChI is InChI=1S/C27H21F2N5O4S2.H2O/c28-20-5-4-16(10-18(20)17-11-31-38-12-17)25-19(7-15-3-6-24(40(30)37)21(29)8-15)23(9-14-1-2-14)34(33-25)27-32-22(13-39-27)26(35)36;/h3-6,8,10-14H,1-2,7,9H2,(H2,30,37)(H,35,36);1H2. The molecule has 0 bridgehead atoms. The van der Waals surface area contributed by atoms with Crippen LogP contribution >= 0.6 is 11.3 Å². The number of thiazole rings is 1. The second-order valence-electron chi connectivity index (χ2n) is 9.55. The van der Waals surface area contributed by atoms with Crippen LogP contribution in [0, 0.1) is 17.6 Å². The molecule has 0 saturated heterocycles. The van der Waals surface area contributed by atoms with Gasteiger partial charge in [0.05, 0.1) is 17.6 Å². The Labute approximate surface area is 238 Å². The Hall–Kier alpha value is -4.11. The average molecular weight is 600 g/mol. The fourth-order valence-electron chi connectivity index (χ4n) is 4.60. The maximum Gasteiger partial charge on any atom is 0.355 e. The molecule has 1 aliphatic carbocycles. The molecule has 0 aliphatic heterocycles. The summed E-state index contributed by atoms with van der Waals surface area (Å²) in [7, 11) is -2.34. The molecule has 1 fully saturated rings. The quantitative estimate of drug-likeness (QED) is 0.178. The number of hydrogen-bond donors (Lipinski definition) is 2. The van der Waals surface area contributed by atoms with E-state index in [0.29, 0.717) is 39.9 Å². The molecular formula is C27H23F2N5O5S2. The fraction of sp³-hybridized carbons (Fsp3) is 0.185. The highest BCUT2D eigenvalue weighted by atomic mass is 32.2. The lowest BCUT2D eigenvalue weighted by Crippen LogP contribution is -2.07. The van der Waals surface area contributed by atoms with Crippen molar-refractivity contribution in [2.75, 3.05) is 0 Å². The number of aromatic nitrogens is 4. The van der Waals surface area contributed by atoms with Gasteiger partial charge in [-0.25, -0.2) is 23.2 Å². The first-order valence-electron chi connectivity index (χ1n) is 12.3. The SMILES string of the molecule is N[SH+](=O)c1ccc(Cc2c(-c3ccc(F)c(-c4cnoc4)c3)nn(-c3nc(C(=O)O)cs3)c2CC2CC2)cc1F.[OH-]. The summed E-state index contributed by atoms with van der Waals surface area (Å²) in [6.45, 7) is 0. The normalized spacial score (nSPS) is 13.6. The van der Waals surface area contributed by atoms with E-state index in [4.69, 9.17) is 14.8 Å². The molecule has 1 saturated carbocycles. The topological polar surface area (TPSA) is 167 Å². The minimum atomic E-state index is -2.34. The zero-order chi connectivity index (χ0) is 28.0. The summed E-state index contributed by atoms with van der Waals surface area (Å²) in [5.74, 6) is -1.86. The summed E-state index contributed by atoms with van der Waals surface area (Å²) in [4.78, 5) is 15.8. The van der Waals surface area contributed by atoms with Gasteiger partial charge in [0.1, 0.15) is 12.1 Å². The van der Waals surface area contributed by atoms with Crippen LogP contribution in [0.4, 0.5) is 8.78 Å². The van der Waals surface area contributed by atoms with E-state index in [2.05, 4.69) is 10.1 Å². The predicted molar refractivity (Wildman–Crippen MR) is 147 cm³/mol. The van der Waals surface area contributed by atoms with Gasteiger partial charge in [0, 0.05) is 34.1 Å². The van der Waals surface area contributed by atoms with Crippen LogP contribution in [-0.2, 0) is 28.0 Å². The van der Waals surface area contributed by atoms with Gasteiger partial charge in [-0.15, -0.1) is 16.5 Å². The van der Waals surface area contributed by atoms with Crippen molar-refractivity contribution in [2.24, 2.45) is 11.1 Å². The molecule has 212 valence electrons. The minimum absolute atomic E-state index is 0. The van der Waals surface area contributed by atoms with Crippen LogP contribution in [0.3, 0.4) is 0 Å². The molecule has 0 amide bonds. The van der Waals surface area contributed by atoms with E-state index < -0.39 is 28.6 Å². The van der Waals surface area contributed by atoms with Gasteiger partial charge in [0.25, 0.3) is 0 Å². The second kappa shape index (κ2) is 11.4. The number of carboxylic acids is 1. The largest absolute Gasteiger partial charge is 0.870 e. The molecule has 1 atom stereocenters. The maximum atomic E-state index is 14.8. The Balaban J connectivity index is 0.00000337. The number of halogens is 2. The van der Waals surface area contributed by atoms with Crippen molar-refractivity contribution < 1.29 is 32.9 Å². The van der Waals surface area contributed by atoms with E-state index in [1.165, 1.54) is 36.0 Å². The third-order valence-corrected chi connectivity index (χ3v) is 8.43. The van der Waals surface area contributed by atoms with Crippen molar-refractivity contribution in [3.8, 4) is 27.5 Å². The molecule has 5 aromatic rings. The zero-order valence-electron chi connectivity index (χ0n) is 21.2. The highest BCUT2D eigenvalue weighted by Crippen LogP contribution is 2.39. The van der Waals surface area contributed by atoms with Crippen molar-refractivity contribution >= 4 is 28.3 Å². The number of nitrogens with two attached hydrogens (primary N) is 1. The van der Waals surface area contributed by atoms with Crippen LogP contribution in [0.2, 0.25) is 0 Å². The average Bonchev–Trinajstić information content (AvgIpc) is 3.29. The smallest absolute Gasteiger partial charge is 0.355 e. The van der Waals surface area contributed by atoms with E-state index in [9.17, 15) is 22.9 Å². The highest BCUT2D eigenvalue weighted by Gasteiger charge is 2.30. The lowest BCUT2D eigenvalue weighted by molar-refractivity contribution is 0.0691. The third kappa shape index (κ3) is 5.72. The number of carbonyl (C=O) groups is 1. The van der Waals surface area contributed by atoms with Crippen LogP contribution in [0.15, 0.2) is 63.7 Å². The summed E-state index contributed by atoms with van der Waals surface area (Å²) in [5.41, 5.74) is 3.94. The molecule has 41 heavy (non-hydrogen) atoms. The molecule has 4 N–H and O–H groups in total. The molecule has 0 radical (unpaired) electrons. The number of carboxylic acid groups (broad SMARTS) is 1. The molecule has 14 heteroatoms. The summed E-state index contributed by atoms with van der Waals surface area (Å²) >= 11 is 1.15. The van der Waals surface area contributed by atoms with Gasteiger partial charge in [-0.1, -0.05) is 15.4 Å². The number of thiol groups is 1. The molecule has 1 aliphatic rings. The van der Waals surface area contributed by atoms with E-state index in [1.54, 1.807) is 22.9 Å². The van der Waals surface area contributed by atoms with Crippen LogP contribution in [0.5, 0.6) is 0 Å². The van der Waals surface area contributed by atoms with E-state index in [0.717, 1.165) is 35.4 Å². The van der Waals surface area contributed by atoms with Crippen molar-refractivity contribution in [1.29, 1.82) is 0 Å². The second-order valence-corrected chi connectivity index (χ2v) is 11.5. The van der Waals surface area contributed by atoms with E-state index in [-0.39, 0.29) is 28.0 Å². The molecule has 6 rings (SSSR count). The Morgan fingerprint density at radius 2 is 1.98 bits per heavy atom. The van der Waals surface area contributed by atoms with Gasteiger partial charge in [0.2, 0.25) is 10.0 Å². The third-order valence-electron chi connectivity index (χ3n) is 6.77. The van der Waals surface area contributed by atoms with Gasteiger partial charge >= 0.3 is 5.97 Å². The van der Waals surface area contributed by atoms with Crippen molar-refractivity contribution in [3.63, 3.8) is 0 Å². The number of rotatable bonds is 9. The summed E-state index contributed by atoms with van der Waals surface area (Å²) in [6, 6.07) is 8.97. The Morgan fingerprint density at radius 3 is 2.61 bits per heavy atom. The molecule has 2 aromatic carbocycles. The van der Waals surface area contributed by atoms with Gasteiger partial charge in [-0.3, -0.25) is 0 Å². The van der Waals surface area contributed by atoms with Crippen molar-refractivity contribution in [2.45, 2.75) is 30.6 Å². The first-order chi connectivity index (χ1) is 19.3. The summed E-state index contributed by atoms with van der Waals surface area (Å²) in [6.07, 6.45) is 5.75. The Bertz CT molecular complexity index is 1770. The van der Waals surface area contributed by atoms with Crippen LogP contribution < -0.4 is 5.14 Å². The Kier molecular flexibility index (Phi) is 7.91. The summed E-state index contributed by atoms with van der Waals surface area (Å²) < 4.78 is 47.8. The van der Waals surface area contributed by atoms with Gasteiger partial charge in [-0.2, -0.15) is 5.10 Å². The van der Waals surface area contributed by atoms with Crippen molar-refractivity contribution in [3.05, 3.63) is 88.4 Å². The van der Waals surface area contributed by atoms with E-state index >= 15 is 0 Å². The first kappa shape index (κ1) is 28.4. The van der Waals surface area contributed by atoms with Gasteiger partial charge in [0.15, 0.2) is 22.5 Å². The number of benzene rings is 2. The van der Waals surface area contributed by atoms with Crippen LogP contribution in [-0.4, -0.2) is 36.5 Å². The zero-order valence-corrected chi connectivity index (χ0v) is 22.9. The fourth-order valence-corrected chi connectivity index (χ4v) is 5.87. The molecule has 3 aromatic heterocycles. The molecule has 10 nitrogen and oxygen atoms in total. The number of nitrogens with zero attached hydrogens (tertiary/aromatic N) is 4. The van der Waals surface area contributed by atoms with E-state index in [1.807, 2.05) is 0 Å². The number of aromatic carboxylic acids is 1. The minimum Gasteiger partial charge on any atom is -0.870 e. The van der Waals surface area contributed by atoms with Gasteiger partial charge in [-0.05, 0) is 61.1 Å². The molecule has 0 spiro atoms. The predicted octanol–water partition coefficient (Wildman–Crippen LogP) is 4.92. The highest BCUT2D eigenvalue weighted by molar-refractivity contribution is 7.82. The first-order valence-corrected chi connectivity index (χ1v) is 14.5. The maximum absolute atomic E-state index is 14.8. The molecular weight excluding hydrogens is 576 g/mol. The number of hydrogen-bond acceptors (Lipinski definition) is 8. The van der Waals surface area contributed by atoms with Crippen LogP contribution in [0.1, 0.15) is 40.2 Å². The van der Waals surface area contributed by atoms with Crippen molar-refractivity contribution in [1.82, 2.24) is 19.9 Å². The molecule has 1 unspecified atom stereocenters.